The number of carbonyl (C=O) groups is 1. The quantitative estimate of drug-likeness (QED) is 0.574. The van der Waals surface area contributed by atoms with Crippen molar-refractivity contribution >= 4 is 15.7 Å². The van der Waals surface area contributed by atoms with Crippen LogP contribution in [-0.4, -0.2) is 49.3 Å². The number of methoxy groups -OCH3 is 1. The summed E-state index contributed by atoms with van der Waals surface area (Å²) in [5.74, 6) is 0.691. The highest BCUT2D eigenvalue weighted by Crippen LogP contribution is 2.31. The normalized spacial score (nSPS) is 17.1. The zero-order chi connectivity index (χ0) is 23.6. The zero-order valence-electron chi connectivity index (χ0n) is 19.2. The van der Waals surface area contributed by atoms with E-state index in [1.54, 1.807) is 17.9 Å². The van der Waals surface area contributed by atoms with E-state index in [1.807, 2.05) is 50.2 Å². The summed E-state index contributed by atoms with van der Waals surface area (Å²) in [5, 5.41) is 7.49. The molecule has 2 aromatic carbocycles. The molecule has 1 aliphatic rings. The maximum absolute atomic E-state index is 12.9. The molecule has 33 heavy (non-hydrogen) atoms. The number of ether oxygens (including phenoxy) is 1. The molecule has 1 N–H and O–H groups in total. The number of hydrogen-bond acceptors (Lipinski definition) is 5. The van der Waals surface area contributed by atoms with Crippen molar-refractivity contribution in [1.82, 2.24) is 15.1 Å². The van der Waals surface area contributed by atoms with Gasteiger partial charge in [0.15, 0.2) is 15.5 Å². The third-order valence-electron chi connectivity index (χ3n) is 6.20. The standard InChI is InChI=1S/C25H29N3O4S/c1-17-8-9-20(14-18(17)2)23-15-22(27-28(23)21-11-13-33(30,31)16-21)25(29)26-12-10-19-6-4-5-7-24(19)32-3/h4-9,14-15,21H,10-13,16H2,1-3H3,(H,26,29)/t21-/m0/s1. The van der Waals surface area contributed by atoms with E-state index in [1.165, 1.54) is 5.56 Å². The Kier molecular flexibility index (Phi) is 6.56. The molecule has 0 aliphatic carbocycles. The van der Waals surface area contributed by atoms with Gasteiger partial charge in [0.2, 0.25) is 0 Å². The summed E-state index contributed by atoms with van der Waals surface area (Å²) >= 11 is 0. The molecule has 1 amide bonds. The number of para-hydroxylation sites is 1. The van der Waals surface area contributed by atoms with E-state index in [2.05, 4.69) is 16.5 Å². The van der Waals surface area contributed by atoms with Crippen molar-refractivity contribution in [3.05, 3.63) is 70.9 Å². The summed E-state index contributed by atoms with van der Waals surface area (Å²) in [6.45, 7) is 4.51. The van der Waals surface area contributed by atoms with Crippen molar-refractivity contribution in [1.29, 1.82) is 0 Å². The summed E-state index contributed by atoms with van der Waals surface area (Å²) in [5.41, 5.74) is 5.27. The molecule has 1 saturated heterocycles. The minimum Gasteiger partial charge on any atom is -0.496 e. The molecule has 8 heteroatoms. The van der Waals surface area contributed by atoms with E-state index < -0.39 is 9.84 Å². The van der Waals surface area contributed by atoms with E-state index in [9.17, 15) is 13.2 Å². The van der Waals surface area contributed by atoms with Gasteiger partial charge in [-0.2, -0.15) is 5.10 Å². The Morgan fingerprint density at radius 3 is 2.64 bits per heavy atom. The van der Waals surface area contributed by atoms with Gasteiger partial charge in [0.1, 0.15) is 5.75 Å². The predicted molar refractivity (Wildman–Crippen MR) is 128 cm³/mol. The molecule has 7 nitrogen and oxygen atoms in total. The van der Waals surface area contributed by atoms with Crippen LogP contribution in [0.1, 0.15) is 39.6 Å². The molecule has 1 aromatic heterocycles. The molecule has 0 bridgehead atoms. The van der Waals surface area contributed by atoms with Gasteiger partial charge in [0.05, 0.1) is 30.4 Å². The average molecular weight is 468 g/mol. The Bertz CT molecular complexity index is 1280. The molecular weight excluding hydrogens is 438 g/mol. The van der Waals surface area contributed by atoms with Gasteiger partial charge in [0.25, 0.3) is 5.91 Å². The zero-order valence-corrected chi connectivity index (χ0v) is 20.0. The average Bonchev–Trinajstić information content (AvgIpc) is 3.39. The molecule has 2 heterocycles. The maximum atomic E-state index is 12.9. The Labute approximate surface area is 194 Å². The van der Waals surface area contributed by atoms with Crippen molar-refractivity contribution in [3.63, 3.8) is 0 Å². The minimum absolute atomic E-state index is 0.0430. The number of benzene rings is 2. The second-order valence-corrected chi connectivity index (χ2v) is 10.8. The Hall–Kier alpha value is -3.13. The molecule has 1 fully saturated rings. The van der Waals surface area contributed by atoms with Gasteiger partial charge >= 0.3 is 0 Å². The first kappa shape index (κ1) is 23.0. The molecule has 0 saturated carbocycles. The molecule has 1 atom stereocenters. The Morgan fingerprint density at radius 2 is 1.94 bits per heavy atom. The smallest absolute Gasteiger partial charge is 0.271 e. The second kappa shape index (κ2) is 9.39. The van der Waals surface area contributed by atoms with Gasteiger partial charge in [-0.1, -0.05) is 30.3 Å². The third kappa shape index (κ3) is 5.11. The number of carbonyl (C=O) groups excluding carboxylic acids is 1. The van der Waals surface area contributed by atoms with Crippen molar-refractivity contribution < 1.29 is 17.9 Å². The van der Waals surface area contributed by atoms with Gasteiger partial charge in [-0.05, 0) is 61.6 Å². The lowest BCUT2D eigenvalue weighted by Gasteiger charge is -2.14. The number of nitrogens with one attached hydrogen (secondary N) is 1. The molecule has 0 spiro atoms. The molecular formula is C25H29N3O4S. The number of nitrogens with zero attached hydrogens (tertiary/aromatic N) is 2. The van der Waals surface area contributed by atoms with Crippen molar-refractivity contribution in [3.8, 4) is 17.0 Å². The minimum atomic E-state index is -3.09. The predicted octanol–water partition coefficient (Wildman–Crippen LogP) is 3.51. The fourth-order valence-electron chi connectivity index (χ4n) is 4.18. The molecule has 0 radical (unpaired) electrons. The topological polar surface area (TPSA) is 90.3 Å². The number of sulfone groups is 1. The highest BCUT2D eigenvalue weighted by Gasteiger charge is 2.32. The lowest BCUT2D eigenvalue weighted by atomic mass is 10.0. The van der Waals surface area contributed by atoms with Crippen LogP contribution >= 0.6 is 0 Å². The largest absolute Gasteiger partial charge is 0.496 e. The third-order valence-corrected chi connectivity index (χ3v) is 7.95. The molecule has 1 aliphatic heterocycles. The van der Waals surface area contributed by atoms with Crippen LogP contribution in [-0.2, 0) is 16.3 Å². The number of aromatic nitrogens is 2. The number of rotatable bonds is 7. The van der Waals surface area contributed by atoms with E-state index in [-0.39, 0.29) is 29.1 Å². The van der Waals surface area contributed by atoms with Gasteiger partial charge in [-0.3, -0.25) is 9.48 Å². The first-order valence-corrected chi connectivity index (χ1v) is 12.9. The van der Waals surface area contributed by atoms with E-state index in [0.717, 1.165) is 28.1 Å². The lowest BCUT2D eigenvalue weighted by Crippen LogP contribution is -2.26. The number of hydrogen-bond donors (Lipinski definition) is 1. The highest BCUT2D eigenvalue weighted by molar-refractivity contribution is 7.91. The summed E-state index contributed by atoms with van der Waals surface area (Å²) in [6.07, 6.45) is 1.12. The van der Waals surface area contributed by atoms with E-state index in [0.29, 0.717) is 19.4 Å². The molecule has 3 aromatic rings. The van der Waals surface area contributed by atoms with Crippen LogP contribution in [0.4, 0.5) is 0 Å². The fourth-order valence-corrected chi connectivity index (χ4v) is 5.87. The second-order valence-electron chi connectivity index (χ2n) is 8.53. The number of aryl methyl sites for hydroxylation is 2. The van der Waals surface area contributed by atoms with Crippen LogP contribution in [0.5, 0.6) is 5.75 Å². The summed E-state index contributed by atoms with van der Waals surface area (Å²) < 4.78 is 31.3. The molecule has 0 unspecified atom stereocenters. The highest BCUT2D eigenvalue weighted by atomic mass is 32.2. The van der Waals surface area contributed by atoms with Crippen LogP contribution in [0, 0.1) is 13.8 Å². The van der Waals surface area contributed by atoms with Crippen molar-refractivity contribution in [2.45, 2.75) is 32.7 Å². The van der Waals surface area contributed by atoms with Gasteiger partial charge in [-0.15, -0.1) is 0 Å². The van der Waals surface area contributed by atoms with E-state index >= 15 is 0 Å². The lowest BCUT2D eigenvalue weighted by molar-refractivity contribution is 0.0948. The van der Waals surface area contributed by atoms with Crippen LogP contribution < -0.4 is 10.1 Å². The van der Waals surface area contributed by atoms with Crippen LogP contribution in [0.15, 0.2) is 48.5 Å². The van der Waals surface area contributed by atoms with Gasteiger partial charge in [0, 0.05) is 12.1 Å². The SMILES string of the molecule is COc1ccccc1CCNC(=O)c1cc(-c2ccc(C)c(C)c2)n([C@H]2CCS(=O)(=O)C2)n1. The summed E-state index contributed by atoms with van der Waals surface area (Å²) in [4.78, 5) is 12.9. The van der Waals surface area contributed by atoms with Crippen LogP contribution in [0.2, 0.25) is 0 Å². The molecule has 174 valence electrons. The van der Waals surface area contributed by atoms with Gasteiger partial charge < -0.3 is 10.1 Å². The monoisotopic (exact) mass is 467 g/mol. The first-order valence-electron chi connectivity index (χ1n) is 11.0. The van der Waals surface area contributed by atoms with Gasteiger partial charge in [-0.25, -0.2) is 8.42 Å². The first-order chi connectivity index (χ1) is 15.8. The van der Waals surface area contributed by atoms with E-state index in [4.69, 9.17) is 4.74 Å². The summed E-state index contributed by atoms with van der Waals surface area (Å²) in [6, 6.07) is 15.3. The van der Waals surface area contributed by atoms with Crippen molar-refractivity contribution in [2.24, 2.45) is 0 Å². The Morgan fingerprint density at radius 1 is 1.15 bits per heavy atom. The molecule has 4 rings (SSSR count). The summed E-state index contributed by atoms with van der Waals surface area (Å²) in [7, 11) is -1.47. The van der Waals surface area contributed by atoms with Crippen LogP contribution in [0.25, 0.3) is 11.3 Å². The fraction of sp³-hybridized carbons (Fsp3) is 0.360. The Balaban J connectivity index is 1.57. The number of amides is 1. The van der Waals surface area contributed by atoms with Crippen LogP contribution in [0.3, 0.4) is 0 Å². The maximum Gasteiger partial charge on any atom is 0.271 e. The van der Waals surface area contributed by atoms with Crippen molar-refractivity contribution in [2.75, 3.05) is 25.2 Å².